The molecule has 0 atom stereocenters. The molecule has 0 radical (unpaired) electrons. The van der Waals surface area contributed by atoms with Gasteiger partial charge in [0, 0.05) is 64.5 Å². The van der Waals surface area contributed by atoms with Gasteiger partial charge in [0.15, 0.2) is 22.5 Å². The maximum atomic E-state index is 14.3. The third-order valence-electron chi connectivity index (χ3n) is 7.94. The van der Waals surface area contributed by atoms with E-state index in [0.29, 0.717) is 74.4 Å². The molecular formula is C32H40ClN9O6. The van der Waals surface area contributed by atoms with Crippen molar-refractivity contribution in [3.05, 3.63) is 52.7 Å². The quantitative estimate of drug-likeness (QED) is 0.176. The molecule has 0 unspecified atom stereocenters. The highest BCUT2D eigenvalue weighted by molar-refractivity contribution is 6.31. The van der Waals surface area contributed by atoms with E-state index in [0.717, 1.165) is 24.0 Å². The van der Waals surface area contributed by atoms with Gasteiger partial charge in [-0.05, 0) is 30.7 Å². The zero-order chi connectivity index (χ0) is 34.2. The largest absolute Gasteiger partial charge is 0.474 e. The Bertz CT molecular complexity index is 1740. The average Bonchev–Trinajstić information content (AvgIpc) is 3.46. The molecule has 1 aromatic carbocycles. The van der Waals surface area contributed by atoms with Gasteiger partial charge in [0.25, 0.3) is 11.8 Å². The number of anilines is 2. The first-order valence-electron chi connectivity index (χ1n) is 15.6. The molecule has 1 fully saturated rings. The number of carbonyl (C=O) groups is 2. The van der Waals surface area contributed by atoms with E-state index in [1.807, 2.05) is 35.8 Å². The van der Waals surface area contributed by atoms with Crippen molar-refractivity contribution in [3.63, 3.8) is 0 Å². The third kappa shape index (κ3) is 7.93. The maximum absolute atomic E-state index is 14.3. The molecular weight excluding hydrogens is 642 g/mol. The zero-order valence-electron chi connectivity index (χ0n) is 27.2. The second-order valence-electron chi connectivity index (χ2n) is 11.1. The Morgan fingerprint density at radius 1 is 1.04 bits per heavy atom. The fraction of sp³-hybridized carbons (Fsp3) is 0.438. The van der Waals surface area contributed by atoms with E-state index in [1.54, 1.807) is 25.3 Å². The van der Waals surface area contributed by atoms with Crippen molar-refractivity contribution in [3.8, 4) is 17.0 Å². The number of hydrogen-bond donors (Lipinski definition) is 3. The fourth-order valence-corrected chi connectivity index (χ4v) is 5.57. The summed E-state index contributed by atoms with van der Waals surface area (Å²) in [6.07, 6.45) is 3.40. The van der Waals surface area contributed by atoms with Crippen LogP contribution in [-0.2, 0) is 27.3 Å². The smallest absolute Gasteiger partial charge is 0.274 e. The van der Waals surface area contributed by atoms with Crippen molar-refractivity contribution in [2.75, 3.05) is 65.2 Å². The number of nitrogen functional groups attached to an aromatic ring is 2. The molecule has 0 bridgehead atoms. The van der Waals surface area contributed by atoms with Gasteiger partial charge in [0.2, 0.25) is 5.88 Å². The lowest BCUT2D eigenvalue weighted by Crippen LogP contribution is -2.36. The van der Waals surface area contributed by atoms with E-state index in [2.05, 4.69) is 20.3 Å². The normalized spacial score (nSPS) is 13.5. The predicted octanol–water partition coefficient (Wildman–Crippen LogP) is 2.95. The van der Waals surface area contributed by atoms with E-state index < -0.39 is 5.91 Å². The van der Waals surface area contributed by atoms with Gasteiger partial charge in [-0.3, -0.25) is 9.59 Å². The lowest BCUT2D eigenvalue weighted by molar-refractivity contribution is 0.0237. The Morgan fingerprint density at radius 3 is 2.42 bits per heavy atom. The molecule has 0 saturated carbocycles. The Labute approximate surface area is 282 Å². The van der Waals surface area contributed by atoms with E-state index in [9.17, 15) is 9.59 Å². The third-order valence-corrected chi connectivity index (χ3v) is 8.22. The second-order valence-corrected chi connectivity index (χ2v) is 11.4. The number of hydrogen-bond acceptors (Lipinski definition) is 12. The van der Waals surface area contributed by atoms with Gasteiger partial charge in [-0.1, -0.05) is 11.6 Å². The first-order valence-corrected chi connectivity index (χ1v) is 16.0. The van der Waals surface area contributed by atoms with Crippen LogP contribution in [0.3, 0.4) is 0 Å². The van der Waals surface area contributed by atoms with Crippen molar-refractivity contribution >= 4 is 46.1 Å². The summed E-state index contributed by atoms with van der Waals surface area (Å²) in [5.41, 5.74) is 14.5. The summed E-state index contributed by atoms with van der Waals surface area (Å²) in [4.78, 5) is 46.3. The Morgan fingerprint density at radius 2 is 1.77 bits per heavy atom. The van der Waals surface area contributed by atoms with Gasteiger partial charge in [-0.2, -0.15) is 0 Å². The van der Waals surface area contributed by atoms with Crippen LogP contribution >= 0.6 is 11.6 Å². The Kier molecular flexibility index (Phi) is 11.6. The molecule has 3 aromatic heterocycles. The lowest BCUT2D eigenvalue weighted by atomic mass is 10.0. The number of rotatable bonds is 14. The average molecular weight is 682 g/mol. The minimum Gasteiger partial charge on any atom is -0.474 e. The molecule has 5 N–H and O–H groups in total. The first-order chi connectivity index (χ1) is 23.2. The standard InChI is InChI=1S/C32H40ClN9O6/c1-4-42-24(18-37-31(43)26-29(34)40-30(35)28(33)39-26)38-23-16-20(19-5-6-25(36-17-19)48-21-7-11-47-12-8-21)15-22(27(23)42)32(44)41(9-13-45-2)10-14-46-3/h5-6,15-17,21H,4,7-14,18H2,1-3H3,(H,37,43)(H4,34,35,40). The van der Waals surface area contributed by atoms with Crippen LogP contribution in [0, 0.1) is 0 Å². The molecule has 0 spiro atoms. The van der Waals surface area contributed by atoms with Crippen molar-refractivity contribution < 1.29 is 28.5 Å². The molecule has 1 aliphatic heterocycles. The fourth-order valence-electron chi connectivity index (χ4n) is 5.45. The van der Waals surface area contributed by atoms with Crippen LogP contribution in [0.5, 0.6) is 5.88 Å². The number of pyridine rings is 1. The number of ether oxygens (including phenoxy) is 4. The number of carbonyl (C=O) groups excluding carboxylic acids is 2. The van der Waals surface area contributed by atoms with Crippen molar-refractivity contribution in [1.29, 1.82) is 0 Å². The van der Waals surface area contributed by atoms with Crippen LogP contribution in [-0.4, -0.2) is 101 Å². The number of benzene rings is 1. The highest BCUT2D eigenvalue weighted by Crippen LogP contribution is 2.31. The summed E-state index contributed by atoms with van der Waals surface area (Å²) in [6.45, 7) is 5.16. The van der Waals surface area contributed by atoms with Crippen LogP contribution in [0.4, 0.5) is 11.6 Å². The number of halogens is 1. The topological polar surface area (TPSA) is 195 Å². The summed E-state index contributed by atoms with van der Waals surface area (Å²) >= 11 is 5.98. The predicted molar refractivity (Wildman–Crippen MR) is 180 cm³/mol. The summed E-state index contributed by atoms with van der Waals surface area (Å²) in [7, 11) is 3.18. The van der Waals surface area contributed by atoms with Gasteiger partial charge < -0.3 is 45.2 Å². The van der Waals surface area contributed by atoms with Gasteiger partial charge in [-0.25, -0.2) is 19.9 Å². The number of imidazole rings is 1. The van der Waals surface area contributed by atoms with Crippen LogP contribution in [0.2, 0.25) is 5.15 Å². The maximum Gasteiger partial charge on any atom is 0.274 e. The molecule has 4 aromatic rings. The summed E-state index contributed by atoms with van der Waals surface area (Å²) in [5, 5.41) is 2.66. The molecule has 1 aliphatic rings. The number of fused-ring (bicyclic) bond motifs is 1. The molecule has 2 amide bonds. The van der Waals surface area contributed by atoms with Crippen LogP contribution < -0.4 is 21.5 Å². The van der Waals surface area contributed by atoms with E-state index in [-0.39, 0.29) is 41.0 Å². The minimum absolute atomic E-state index is 0.00426. The number of aromatic nitrogens is 5. The highest BCUT2D eigenvalue weighted by Gasteiger charge is 2.25. The van der Waals surface area contributed by atoms with Crippen molar-refractivity contribution in [2.24, 2.45) is 0 Å². The van der Waals surface area contributed by atoms with Gasteiger partial charge in [0.05, 0.1) is 49.6 Å². The van der Waals surface area contributed by atoms with Gasteiger partial charge in [0.1, 0.15) is 11.9 Å². The Hall–Kier alpha value is -4.57. The molecule has 1 saturated heterocycles. The Balaban J connectivity index is 1.52. The molecule has 4 heterocycles. The van der Waals surface area contributed by atoms with Crippen molar-refractivity contribution in [1.82, 2.24) is 34.7 Å². The number of nitrogens with two attached hydrogens (primary N) is 2. The summed E-state index contributed by atoms with van der Waals surface area (Å²) in [5.74, 6) is -0.0107. The summed E-state index contributed by atoms with van der Waals surface area (Å²) in [6, 6.07) is 7.48. The van der Waals surface area contributed by atoms with E-state index in [4.69, 9.17) is 47.0 Å². The van der Waals surface area contributed by atoms with Gasteiger partial charge in [-0.15, -0.1) is 0 Å². The highest BCUT2D eigenvalue weighted by atomic mass is 35.5. The molecule has 15 nitrogen and oxygen atoms in total. The minimum atomic E-state index is -0.604. The zero-order valence-corrected chi connectivity index (χ0v) is 28.0. The lowest BCUT2D eigenvalue weighted by Gasteiger charge is -2.23. The van der Waals surface area contributed by atoms with Crippen LogP contribution in [0.15, 0.2) is 30.5 Å². The van der Waals surface area contributed by atoms with Gasteiger partial charge >= 0.3 is 0 Å². The second kappa shape index (κ2) is 16.0. The molecule has 5 rings (SSSR count). The number of nitrogens with zero attached hydrogens (tertiary/aromatic N) is 6. The van der Waals surface area contributed by atoms with Crippen molar-refractivity contribution in [2.45, 2.75) is 39.0 Å². The van der Waals surface area contributed by atoms with E-state index in [1.165, 1.54) is 0 Å². The number of nitrogens with one attached hydrogen (secondary N) is 1. The SMILES string of the molecule is CCn1c(CNC(=O)c2nc(Cl)c(N)nc2N)nc2cc(-c3ccc(OC4CCOCC4)nc3)cc(C(=O)N(CCOC)CCOC)c21. The number of aryl methyl sites for hydroxylation is 1. The van der Waals surface area contributed by atoms with E-state index >= 15 is 0 Å². The monoisotopic (exact) mass is 681 g/mol. The number of amides is 2. The summed E-state index contributed by atoms with van der Waals surface area (Å²) < 4.78 is 24.0. The molecule has 0 aliphatic carbocycles. The van der Waals surface area contributed by atoms with Crippen LogP contribution in [0.25, 0.3) is 22.2 Å². The van der Waals surface area contributed by atoms with Crippen LogP contribution in [0.1, 0.15) is 46.4 Å². The first kappa shape index (κ1) is 34.8. The number of methoxy groups -OCH3 is 2. The molecule has 16 heteroatoms. The molecule has 48 heavy (non-hydrogen) atoms. The molecule has 256 valence electrons.